The van der Waals surface area contributed by atoms with Gasteiger partial charge >= 0.3 is 0 Å². The van der Waals surface area contributed by atoms with Gasteiger partial charge in [0, 0.05) is 19.1 Å². The van der Waals surface area contributed by atoms with Crippen LogP contribution in [-0.4, -0.2) is 65.3 Å². The molecule has 1 amide bonds. The number of rotatable bonds is 6. The van der Waals surface area contributed by atoms with Gasteiger partial charge in [-0.05, 0) is 42.9 Å². The lowest BCUT2D eigenvalue weighted by molar-refractivity contribution is -0.131. The molecule has 3 heterocycles. The highest BCUT2D eigenvalue weighted by molar-refractivity contribution is 5.79. The minimum atomic E-state index is -2.49. The summed E-state index contributed by atoms with van der Waals surface area (Å²) in [6, 6.07) is 4.40. The van der Waals surface area contributed by atoms with E-state index in [0.717, 1.165) is 18.4 Å². The van der Waals surface area contributed by atoms with Crippen molar-refractivity contribution < 1.29 is 23.0 Å². The van der Waals surface area contributed by atoms with Crippen LogP contribution in [-0.2, 0) is 11.2 Å². The third-order valence-corrected chi connectivity index (χ3v) is 6.25. The van der Waals surface area contributed by atoms with Crippen LogP contribution in [0.15, 0.2) is 24.5 Å². The molecule has 4 rings (SSSR count). The van der Waals surface area contributed by atoms with Gasteiger partial charge in [0.2, 0.25) is 11.9 Å². The zero-order valence-corrected chi connectivity index (χ0v) is 17.6. The van der Waals surface area contributed by atoms with Crippen LogP contribution in [0.5, 0.6) is 11.5 Å². The number of halogens is 2. The van der Waals surface area contributed by atoms with Gasteiger partial charge in [-0.3, -0.25) is 4.79 Å². The maximum absolute atomic E-state index is 13.5. The molecule has 0 unspecified atom stereocenters. The minimum absolute atomic E-state index is 0.0486. The highest BCUT2D eigenvalue weighted by Crippen LogP contribution is 2.35. The molecule has 1 saturated heterocycles. The zero-order chi connectivity index (χ0) is 22.0. The average Bonchev–Trinajstić information content (AvgIpc) is 3.27. The number of piperidine rings is 1. The topological polar surface area (TPSA) is 81.5 Å². The lowest BCUT2D eigenvalue weighted by Crippen LogP contribution is -2.46. The van der Waals surface area contributed by atoms with Crippen molar-refractivity contribution in [3.8, 4) is 11.5 Å². The number of methoxy groups -OCH3 is 2. The van der Waals surface area contributed by atoms with Crippen LogP contribution in [0.3, 0.4) is 0 Å². The summed E-state index contributed by atoms with van der Waals surface area (Å²) in [5.41, 5.74) is 0.859. The van der Waals surface area contributed by atoms with Gasteiger partial charge in [-0.2, -0.15) is 10.1 Å². The summed E-state index contributed by atoms with van der Waals surface area (Å²) in [5, 5.41) is 7.20. The molecule has 2 atom stereocenters. The van der Waals surface area contributed by atoms with E-state index >= 15 is 0 Å². The van der Waals surface area contributed by atoms with Gasteiger partial charge in [0.05, 0.1) is 20.6 Å². The molecule has 0 aliphatic carbocycles. The fourth-order valence-corrected chi connectivity index (χ4v) is 4.53. The van der Waals surface area contributed by atoms with Gasteiger partial charge in [-0.1, -0.05) is 6.07 Å². The first-order valence-corrected chi connectivity index (χ1v) is 10.4. The summed E-state index contributed by atoms with van der Waals surface area (Å²) >= 11 is 0. The SMILES string of the molecule is COc1ccc(CC(=O)N2CCC([C@@H]3C[C@H](C(F)F)n4ncnc4N3)CC2)cc1OC. The first-order chi connectivity index (χ1) is 15.0. The number of aromatic nitrogens is 3. The van der Waals surface area contributed by atoms with E-state index in [-0.39, 0.29) is 24.3 Å². The molecule has 8 nitrogen and oxygen atoms in total. The quantitative estimate of drug-likeness (QED) is 0.752. The van der Waals surface area contributed by atoms with E-state index in [1.165, 1.54) is 11.0 Å². The van der Waals surface area contributed by atoms with E-state index in [0.29, 0.717) is 37.0 Å². The van der Waals surface area contributed by atoms with E-state index in [1.807, 2.05) is 17.0 Å². The van der Waals surface area contributed by atoms with E-state index in [4.69, 9.17) is 9.47 Å². The normalized spacial score (nSPS) is 21.5. The number of anilines is 1. The molecule has 31 heavy (non-hydrogen) atoms. The van der Waals surface area contributed by atoms with Crippen LogP contribution >= 0.6 is 0 Å². The van der Waals surface area contributed by atoms with Gasteiger partial charge in [0.25, 0.3) is 6.43 Å². The Morgan fingerprint density at radius 2 is 1.97 bits per heavy atom. The van der Waals surface area contributed by atoms with Crippen molar-refractivity contribution in [2.75, 3.05) is 32.6 Å². The number of alkyl halides is 2. The predicted octanol–water partition coefficient (Wildman–Crippen LogP) is 2.77. The summed E-state index contributed by atoms with van der Waals surface area (Å²) < 4.78 is 38.8. The fourth-order valence-electron chi connectivity index (χ4n) is 4.53. The Morgan fingerprint density at radius 3 is 2.65 bits per heavy atom. The zero-order valence-electron chi connectivity index (χ0n) is 17.6. The Kier molecular flexibility index (Phi) is 6.24. The monoisotopic (exact) mass is 435 g/mol. The molecular formula is C21H27F2N5O3. The Bertz CT molecular complexity index is 914. The highest BCUT2D eigenvalue weighted by atomic mass is 19.3. The Labute approximate surface area is 179 Å². The number of ether oxygens (including phenoxy) is 2. The predicted molar refractivity (Wildman–Crippen MR) is 110 cm³/mol. The minimum Gasteiger partial charge on any atom is -0.493 e. The highest BCUT2D eigenvalue weighted by Gasteiger charge is 2.38. The van der Waals surface area contributed by atoms with Gasteiger partial charge < -0.3 is 19.7 Å². The van der Waals surface area contributed by atoms with E-state index in [2.05, 4.69) is 15.4 Å². The summed E-state index contributed by atoms with van der Waals surface area (Å²) in [4.78, 5) is 18.7. The molecule has 0 spiro atoms. The second-order valence-corrected chi connectivity index (χ2v) is 8.00. The van der Waals surface area contributed by atoms with Crippen molar-refractivity contribution in [3.63, 3.8) is 0 Å². The van der Waals surface area contributed by atoms with Crippen molar-refractivity contribution >= 4 is 11.9 Å². The van der Waals surface area contributed by atoms with Crippen LogP contribution in [0.1, 0.15) is 30.9 Å². The van der Waals surface area contributed by atoms with E-state index < -0.39 is 12.5 Å². The lowest BCUT2D eigenvalue weighted by Gasteiger charge is -2.40. The number of hydrogen-bond donors (Lipinski definition) is 1. The molecule has 1 fully saturated rings. The lowest BCUT2D eigenvalue weighted by atomic mass is 9.85. The number of carbonyl (C=O) groups excluding carboxylic acids is 1. The van der Waals surface area contributed by atoms with E-state index in [9.17, 15) is 13.6 Å². The van der Waals surface area contributed by atoms with Gasteiger partial charge in [-0.15, -0.1) is 0 Å². The van der Waals surface area contributed by atoms with Crippen LogP contribution in [0, 0.1) is 5.92 Å². The van der Waals surface area contributed by atoms with Crippen molar-refractivity contribution in [1.82, 2.24) is 19.7 Å². The first-order valence-electron chi connectivity index (χ1n) is 10.4. The molecule has 1 N–H and O–H groups in total. The molecule has 1 aromatic carbocycles. The Hall–Kier alpha value is -2.91. The van der Waals surface area contributed by atoms with Crippen LogP contribution in [0.4, 0.5) is 14.7 Å². The average molecular weight is 435 g/mol. The van der Waals surface area contributed by atoms with Gasteiger partial charge in [0.15, 0.2) is 11.5 Å². The number of nitrogens with one attached hydrogen (secondary N) is 1. The van der Waals surface area contributed by atoms with Crippen LogP contribution in [0.2, 0.25) is 0 Å². The number of hydrogen-bond acceptors (Lipinski definition) is 6. The smallest absolute Gasteiger partial charge is 0.260 e. The molecular weight excluding hydrogens is 408 g/mol. The first kappa shape index (κ1) is 21.3. The van der Waals surface area contributed by atoms with Crippen molar-refractivity contribution in [3.05, 3.63) is 30.1 Å². The molecule has 0 saturated carbocycles. The number of carbonyl (C=O) groups is 1. The van der Waals surface area contributed by atoms with Crippen LogP contribution < -0.4 is 14.8 Å². The number of likely N-dealkylation sites (tertiary alicyclic amines) is 1. The molecule has 2 aromatic rings. The largest absolute Gasteiger partial charge is 0.493 e. The summed E-state index contributed by atoms with van der Waals surface area (Å²) in [7, 11) is 3.13. The molecule has 0 radical (unpaired) electrons. The third-order valence-electron chi connectivity index (χ3n) is 6.25. The molecule has 2 aliphatic rings. The van der Waals surface area contributed by atoms with Gasteiger partial charge in [0.1, 0.15) is 12.4 Å². The molecule has 168 valence electrons. The molecule has 0 bridgehead atoms. The molecule has 10 heteroatoms. The number of amides is 1. The second kappa shape index (κ2) is 9.07. The Balaban J connectivity index is 1.34. The van der Waals surface area contributed by atoms with Crippen molar-refractivity contribution in [2.45, 2.75) is 44.2 Å². The summed E-state index contributed by atoms with van der Waals surface area (Å²) in [5.74, 6) is 1.87. The van der Waals surface area contributed by atoms with Gasteiger partial charge in [-0.25, -0.2) is 13.5 Å². The standard InChI is InChI=1S/C21H27F2N5O3/c1-30-17-4-3-13(9-18(17)31-2)10-19(29)27-7-5-14(6-8-27)15-11-16(20(22)23)28-21(26-15)24-12-25-28/h3-4,9,12,14-16,20H,5-8,10-11H2,1-2H3,(H,24,25,26)/t15-,16+/m0/s1. The summed E-state index contributed by atoms with van der Waals surface area (Å²) in [6.07, 6.45) is 0.920. The molecule has 1 aromatic heterocycles. The Morgan fingerprint density at radius 1 is 1.23 bits per heavy atom. The van der Waals surface area contributed by atoms with Crippen molar-refractivity contribution in [2.24, 2.45) is 5.92 Å². The third kappa shape index (κ3) is 4.42. The summed E-state index contributed by atoms with van der Waals surface area (Å²) in [6.45, 7) is 1.22. The maximum atomic E-state index is 13.5. The van der Waals surface area contributed by atoms with E-state index in [1.54, 1.807) is 20.3 Å². The molecule has 2 aliphatic heterocycles. The number of fused-ring (bicyclic) bond motifs is 1. The number of benzene rings is 1. The number of nitrogens with zero attached hydrogens (tertiary/aromatic N) is 4. The van der Waals surface area contributed by atoms with Crippen molar-refractivity contribution in [1.29, 1.82) is 0 Å². The fraction of sp³-hybridized carbons (Fsp3) is 0.571. The second-order valence-electron chi connectivity index (χ2n) is 8.00. The van der Waals surface area contributed by atoms with Crippen LogP contribution in [0.25, 0.3) is 0 Å². The maximum Gasteiger partial charge on any atom is 0.260 e.